The number of benzene rings is 1. The van der Waals surface area contributed by atoms with E-state index in [-0.39, 0.29) is 16.1 Å². The second-order valence-corrected chi connectivity index (χ2v) is 4.38. The number of hydrogen-bond donors (Lipinski definition) is 2. The topological polar surface area (TPSA) is 89.1 Å². The predicted octanol–water partition coefficient (Wildman–Crippen LogP) is 2.05. The fraction of sp³-hybridized carbons (Fsp3) is 0. The van der Waals surface area contributed by atoms with Crippen molar-refractivity contribution in [3.63, 3.8) is 0 Å². The fourth-order valence-corrected chi connectivity index (χ4v) is 2.07. The molecule has 0 aliphatic rings. The lowest BCUT2D eigenvalue weighted by Gasteiger charge is -2.06. The maximum atomic E-state index is 13.6. The Labute approximate surface area is 106 Å². The molecule has 18 heavy (non-hydrogen) atoms. The van der Waals surface area contributed by atoms with Crippen molar-refractivity contribution in [3.05, 3.63) is 42.1 Å². The van der Waals surface area contributed by atoms with Gasteiger partial charge in [-0.2, -0.15) is 0 Å². The third kappa shape index (κ3) is 2.57. The molecule has 7 heteroatoms. The molecule has 0 spiro atoms. The molecule has 1 aromatic heterocycles. The van der Waals surface area contributed by atoms with Gasteiger partial charge in [-0.05, 0) is 12.1 Å². The van der Waals surface area contributed by atoms with E-state index < -0.39 is 11.8 Å². The van der Waals surface area contributed by atoms with Gasteiger partial charge in [-0.3, -0.25) is 4.98 Å². The molecule has 0 saturated heterocycles. The zero-order chi connectivity index (χ0) is 13.1. The highest BCUT2D eigenvalue weighted by Crippen LogP contribution is 2.30. The van der Waals surface area contributed by atoms with Crippen molar-refractivity contribution in [2.45, 2.75) is 9.92 Å². The minimum absolute atomic E-state index is 0.108. The molecular formula is C11H8FN3O2S. The number of aromatic carboxylic acids is 1. The summed E-state index contributed by atoms with van der Waals surface area (Å²) in [7, 11) is 0. The molecule has 2 rings (SSSR count). The lowest BCUT2D eigenvalue weighted by Crippen LogP contribution is -2.03. The average molecular weight is 265 g/mol. The van der Waals surface area contributed by atoms with Gasteiger partial charge in [-0.1, -0.05) is 11.8 Å². The normalized spacial score (nSPS) is 10.3. The first-order chi connectivity index (χ1) is 8.58. The molecule has 2 aromatic rings. The number of carboxylic acids is 1. The van der Waals surface area contributed by atoms with Crippen molar-refractivity contribution in [2.24, 2.45) is 0 Å². The Kier molecular flexibility index (Phi) is 3.42. The molecule has 5 nitrogen and oxygen atoms in total. The third-order valence-electron chi connectivity index (χ3n) is 2.09. The maximum Gasteiger partial charge on any atom is 0.337 e. The van der Waals surface area contributed by atoms with Gasteiger partial charge in [-0.25, -0.2) is 14.2 Å². The largest absolute Gasteiger partial charge is 0.478 e. The second-order valence-electron chi connectivity index (χ2n) is 3.32. The molecule has 0 atom stereocenters. The van der Waals surface area contributed by atoms with Gasteiger partial charge in [0.25, 0.3) is 0 Å². The Balaban J connectivity index is 2.39. The maximum absolute atomic E-state index is 13.6. The van der Waals surface area contributed by atoms with Crippen LogP contribution in [0.1, 0.15) is 10.4 Å². The van der Waals surface area contributed by atoms with E-state index in [2.05, 4.69) is 9.97 Å². The number of nitrogens with two attached hydrogens (primary N) is 1. The summed E-state index contributed by atoms with van der Waals surface area (Å²) in [6.45, 7) is 0. The first kappa shape index (κ1) is 12.3. The third-order valence-corrected chi connectivity index (χ3v) is 3.04. The molecule has 0 aliphatic heterocycles. The molecule has 0 amide bonds. The number of aromatic nitrogens is 2. The van der Waals surface area contributed by atoms with Crippen LogP contribution in [0.3, 0.4) is 0 Å². The number of rotatable bonds is 3. The van der Waals surface area contributed by atoms with E-state index in [0.717, 1.165) is 17.8 Å². The number of carboxylic acid groups (broad SMARTS) is 1. The summed E-state index contributed by atoms with van der Waals surface area (Å²) in [5.41, 5.74) is 5.18. The molecule has 1 aromatic carbocycles. The van der Waals surface area contributed by atoms with E-state index in [9.17, 15) is 9.18 Å². The summed E-state index contributed by atoms with van der Waals surface area (Å²) >= 11 is 0.987. The molecule has 3 N–H and O–H groups in total. The van der Waals surface area contributed by atoms with E-state index >= 15 is 0 Å². The zero-order valence-corrected chi connectivity index (χ0v) is 9.82. The molecule has 0 radical (unpaired) electrons. The van der Waals surface area contributed by atoms with Gasteiger partial charge in [0.1, 0.15) is 10.8 Å². The first-order valence-corrected chi connectivity index (χ1v) is 5.66. The van der Waals surface area contributed by atoms with Gasteiger partial charge in [0.05, 0.1) is 16.7 Å². The van der Waals surface area contributed by atoms with Crippen molar-refractivity contribution in [3.8, 4) is 0 Å². The highest BCUT2D eigenvalue weighted by atomic mass is 32.2. The van der Waals surface area contributed by atoms with Gasteiger partial charge in [0.2, 0.25) is 0 Å². The van der Waals surface area contributed by atoms with Gasteiger partial charge in [0.15, 0.2) is 0 Å². The van der Waals surface area contributed by atoms with Crippen LogP contribution < -0.4 is 5.73 Å². The Hall–Kier alpha value is -2.15. The van der Waals surface area contributed by atoms with Crippen LogP contribution >= 0.6 is 11.8 Å². The SMILES string of the molecule is Nc1cc(F)c(Sc2cnccn2)cc1C(=O)O. The minimum Gasteiger partial charge on any atom is -0.478 e. The number of nitrogen functional groups attached to an aromatic ring is 1. The van der Waals surface area contributed by atoms with Crippen LogP contribution in [-0.2, 0) is 0 Å². The number of nitrogens with zero attached hydrogens (tertiary/aromatic N) is 2. The summed E-state index contributed by atoms with van der Waals surface area (Å²) in [5, 5.41) is 9.38. The van der Waals surface area contributed by atoms with Gasteiger partial charge >= 0.3 is 5.97 Å². The highest BCUT2D eigenvalue weighted by molar-refractivity contribution is 7.99. The second kappa shape index (κ2) is 5.01. The van der Waals surface area contributed by atoms with Gasteiger partial charge < -0.3 is 10.8 Å². The summed E-state index contributed by atoms with van der Waals surface area (Å²) in [4.78, 5) is 18.8. The average Bonchev–Trinajstić information content (AvgIpc) is 2.33. The lowest BCUT2D eigenvalue weighted by atomic mass is 10.2. The van der Waals surface area contributed by atoms with Crippen LogP contribution in [0.15, 0.2) is 40.6 Å². The molecule has 0 aliphatic carbocycles. The molecule has 0 saturated carbocycles. The Morgan fingerprint density at radius 1 is 1.39 bits per heavy atom. The van der Waals surface area contributed by atoms with Crippen molar-refractivity contribution in [1.82, 2.24) is 9.97 Å². The summed E-state index contributed by atoms with van der Waals surface area (Å²) in [6.07, 6.45) is 4.42. The Bertz CT molecular complexity index is 592. The van der Waals surface area contributed by atoms with Crippen molar-refractivity contribution in [2.75, 3.05) is 5.73 Å². The van der Waals surface area contributed by atoms with Crippen LogP contribution in [0.4, 0.5) is 10.1 Å². The standard InChI is InChI=1S/C11H8FN3O2S/c12-7-4-8(13)6(11(16)17)3-9(7)18-10-5-14-1-2-15-10/h1-5H,13H2,(H,16,17). The number of hydrogen-bond acceptors (Lipinski definition) is 5. The highest BCUT2D eigenvalue weighted by Gasteiger charge is 2.14. The summed E-state index contributed by atoms with van der Waals surface area (Å²) < 4.78 is 13.6. The van der Waals surface area contributed by atoms with E-state index in [1.54, 1.807) is 0 Å². The van der Waals surface area contributed by atoms with E-state index in [4.69, 9.17) is 10.8 Å². The number of halogens is 1. The van der Waals surface area contributed by atoms with E-state index in [0.29, 0.717) is 5.03 Å². The van der Waals surface area contributed by atoms with E-state index in [1.807, 2.05) is 0 Å². The zero-order valence-electron chi connectivity index (χ0n) is 9.00. The van der Waals surface area contributed by atoms with Gasteiger partial charge in [-0.15, -0.1) is 0 Å². The molecule has 1 heterocycles. The molecular weight excluding hydrogens is 257 g/mol. The van der Waals surface area contributed by atoms with Crippen molar-refractivity contribution < 1.29 is 14.3 Å². The Morgan fingerprint density at radius 3 is 2.78 bits per heavy atom. The fourth-order valence-electron chi connectivity index (χ4n) is 1.28. The summed E-state index contributed by atoms with van der Waals surface area (Å²) in [5.74, 6) is -1.79. The van der Waals surface area contributed by atoms with Crippen molar-refractivity contribution in [1.29, 1.82) is 0 Å². The predicted molar refractivity (Wildman–Crippen MR) is 63.9 cm³/mol. The Morgan fingerprint density at radius 2 is 2.17 bits per heavy atom. The molecule has 0 bridgehead atoms. The lowest BCUT2D eigenvalue weighted by molar-refractivity contribution is 0.0697. The van der Waals surface area contributed by atoms with Crippen LogP contribution in [0.2, 0.25) is 0 Å². The molecule has 0 fully saturated rings. The smallest absolute Gasteiger partial charge is 0.337 e. The van der Waals surface area contributed by atoms with Crippen LogP contribution in [0, 0.1) is 5.82 Å². The molecule has 0 unspecified atom stereocenters. The van der Waals surface area contributed by atoms with Crippen LogP contribution in [-0.4, -0.2) is 21.0 Å². The van der Waals surface area contributed by atoms with Crippen LogP contribution in [0.25, 0.3) is 0 Å². The molecule has 92 valence electrons. The van der Waals surface area contributed by atoms with E-state index in [1.165, 1.54) is 24.7 Å². The number of carbonyl (C=O) groups is 1. The number of anilines is 1. The monoisotopic (exact) mass is 265 g/mol. The summed E-state index contributed by atoms with van der Waals surface area (Å²) in [6, 6.07) is 2.18. The van der Waals surface area contributed by atoms with Gasteiger partial charge in [0, 0.05) is 18.1 Å². The van der Waals surface area contributed by atoms with Crippen LogP contribution in [0.5, 0.6) is 0 Å². The van der Waals surface area contributed by atoms with Crippen molar-refractivity contribution >= 4 is 23.4 Å². The first-order valence-electron chi connectivity index (χ1n) is 4.84. The quantitative estimate of drug-likeness (QED) is 0.825. The minimum atomic E-state index is -1.20.